The monoisotopic (exact) mass is 173 g/mol. The van der Waals surface area contributed by atoms with Crippen LogP contribution in [0.1, 0.15) is 0 Å². The van der Waals surface area contributed by atoms with Crippen molar-refractivity contribution in [2.45, 2.75) is 25.1 Å². The third kappa shape index (κ3) is 6.81. The predicted octanol–water partition coefficient (Wildman–Crippen LogP) is 0.810. The van der Waals surface area contributed by atoms with Crippen LogP contribution in [-0.2, 0) is 0 Å². The summed E-state index contributed by atoms with van der Waals surface area (Å²) in [5, 5.41) is 0. The van der Waals surface area contributed by atoms with Gasteiger partial charge in [-0.15, -0.1) is 0 Å². The molecule has 1 nitrogen and oxygen atoms in total. The van der Waals surface area contributed by atoms with Gasteiger partial charge in [0.1, 0.15) is 0 Å². The van der Waals surface area contributed by atoms with Crippen molar-refractivity contribution in [2.75, 3.05) is 0 Å². The molecule has 0 saturated carbocycles. The molecule has 0 amide bonds. The van der Waals surface area contributed by atoms with E-state index in [0.29, 0.717) is 0 Å². The van der Waals surface area contributed by atoms with Gasteiger partial charge in [-0.3, -0.25) is 0 Å². The van der Waals surface area contributed by atoms with Gasteiger partial charge in [0.05, 0.1) is 0 Å². The van der Waals surface area contributed by atoms with Gasteiger partial charge in [-0.2, -0.15) is 0 Å². The molecule has 0 aromatic rings. The third-order valence-corrected chi connectivity index (χ3v) is 11.0. The topological polar surface area (TPSA) is 12.0 Å². The Morgan fingerprint density at radius 1 is 1.29 bits per heavy atom. The standard InChI is InChI=1S/C3H10NSi.CH3.Ga.H/c1-5(2,3)4;;;/h4H,1-3H3;1H3;;/q-1;;+1;. The second kappa shape index (κ2) is 2.96. The van der Waals surface area contributed by atoms with Gasteiger partial charge in [0.2, 0.25) is 0 Å². The quantitative estimate of drug-likeness (QED) is 0.610. The molecule has 1 N–H and O–H groups in total. The minimum atomic E-state index is -0.824. The molecular formula is C4H14GaNSi. The first-order valence-electron chi connectivity index (χ1n) is 2.81. The summed E-state index contributed by atoms with van der Waals surface area (Å²) in [5.74, 6) is 0. The first kappa shape index (κ1) is 7.81. The van der Waals surface area contributed by atoms with E-state index in [1.54, 1.807) is 0 Å². The van der Waals surface area contributed by atoms with Crippen molar-refractivity contribution in [3.05, 3.63) is 0 Å². The second-order valence-corrected chi connectivity index (χ2v) is 11.3. The molecule has 0 heterocycles. The molecule has 0 spiro atoms. The van der Waals surface area contributed by atoms with Crippen molar-refractivity contribution < 1.29 is 0 Å². The maximum absolute atomic E-state index is 3.61. The van der Waals surface area contributed by atoms with Crippen molar-refractivity contribution in [2.24, 2.45) is 0 Å². The van der Waals surface area contributed by atoms with Gasteiger partial charge in [-0.1, -0.05) is 0 Å². The van der Waals surface area contributed by atoms with Crippen LogP contribution in [-0.4, -0.2) is 25.9 Å². The van der Waals surface area contributed by atoms with E-state index < -0.39 is 8.24 Å². The molecule has 3 heteroatoms. The van der Waals surface area contributed by atoms with Crippen LogP contribution < -0.4 is 3.69 Å². The molecule has 42 valence electrons. The molecule has 0 radical (unpaired) electrons. The van der Waals surface area contributed by atoms with E-state index in [1.165, 1.54) is 0 Å². The Balaban J connectivity index is 3.15. The summed E-state index contributed by atoms with van der Waals surface area (Å²) < 4.78 is 3.61. The van der Waals surface area contributed by atoms with Crippen LogP contribution in [0.5, 0.6) is 0 Å². The van der Waals surface area contributed by atoms with Gasteiger partial charge in [-0.05, 0) is 0 Å². The molecule has 0 saturated heterocycles. The minimum absolute atomic E-state index is 0.228. The summed E-state index contributed by atoms with van der Waals surface area (Å²) >= 11 is -0.228. The number of hydrogen-bond acceptors (Lipinski definition) is 1. The Morgan fingerprint density at radius 3 is 1.71 bits per heavy atom. The average molecular weight is 174 g/mol. The van der Waals surface area contributed by atoms with Crippen LogP contribution in [0.2, 0.25) is 25.1 Å². The van der Waals surface area contributed by atoms with E-state index in [-0.39, 0.29) is 17.6 Å². The van der Waals surface area contributed by atoms with Crippen molar-refractivity contribution in [3.8, 4) is 0 Å². The molecule has 0 rings (SSSR count). The molecular weight excluding hydrogens is 160 g/mol. The van der Waals surface area contributed by atoms with Gasteiger partial charge in [0.15, 0.2) is 0 Å². The Hall–Kier alpha value is 0.813. The van der Waals surface area contributed by atoms with E-state index in [4.69, 9.17) is 0 Å². The summed E-state index contributed by atoms with van der Waals surface area (Å²) in [6, 6.07) is 0. The van der Waals surface area contributed by atoms with Crippen molar-refractivity contribution in [3.63, 3.8) is 0 Å². The third-order valence-electron chi connectivity index (χ3n) is 0.707. The normalized spacial score (nSPS) is 11.4. The van der Waals surface area contributed by atoms with Gasteiger partial charge in [0, 0.05) is 0 Å². The van der Waals surface area contributed by atoms with E-state index in [1.807, 2.05) is 0 Å². The molecule has 0 unspecified atom stereocenters. The van der Waals surface area contributed by atoms with Crippen LogP contribution >= 0.6 is 0 Å². The number of rotatable bonds is 2. The Kier molecular flexibility index (Phi) is 3.31. The Morgan fingerprint density at radius 2 is 1.71 bits per heavy atom. The molecule has 0 fully saturated rings. The van der Waals surface area contributed by atoms with Crippen LogP contribution in [0.15, 0.2) is 0 Å². The Labute approximate surface area is 55.0 Å². The van der Waals surface area contributed by atoms with Gasteiger partial charge in [0.25, 0.3) is 0 Å². The molecule has 0 aliphatic carbocycles. The molecule has 0 atom stereocenters. The number of hydrogen-bond donors (Lipinski definition) is 1. The van der Waals surface area contributed by atoms with Gasteiger partial charge in [-0.25, -0.2) is 0 Å². The van der Waals surface area contributed by atoms with Gasteiger partial charge >= 0.3 is 54.7 Å². The van der Waals surface area contributed by atoms with Crippen LogP contribution in [0.25, 0.3) is 0 Å². The molecule has 7 heavy (non-hydrogen) atoms. The molecule has 0 bridgehead atoms. The van der Waals surface area contributed by atoms with E-state index in [0.717, 1.165) is 0 Å². The van der Waals surface area contributed by atoms with Crippen molar-refractivity contribution in [1.29, 1.82) is 0 Å². The van der Waals surface area contributed by atoms with E-state index >= 15 is 0 Å². The molecule has 0 aromatic heterocycles. The summed E-state index contributed by atoms with van der Waals surface area (Å²) in [5.41, 5.74) is 2.34. The fraction of sp³-hybridized carbons (Fsp3) is 1.00. The summed E-state index contributed by atoms with van der Waals surface area (Å²) in [7, 11) is -0.824. The SMILES string of the molecule is [CH3][GaH][NH][Si](C)(C)C. The first-order chi connectivity index (χ1) is 3.06. The second-order valence-electron chi connectivity index (χ2n) is 2.78. The zero-order valence-corrected chi connectivity index (χ0v) is 9.67. The summed E-state index contributed by atoms with van der Waals surface area (Å²) in [6.07, 6.45) is 0. The van der Waals surface area contributed by atoms with Crippen LogP contribution in [0.4, 0.5) is 0 Å². The molecule has 0 aromatic carbocycles. The average Bonchev–Trinajstić information content (AvgIpc) is 1.30. The summed E-state index contributed by atoms with van der Waals surface area (Å²) in [4.78, 5) is 0. The Bertz CT molecular complexity index is 50.1. The van der Waals surface area contributed by atoms with Crippen LogP contribution in [0, 0.1) is 0 Å². The van der Waals surface area contributed by atoms with Gasteiger partial charge < -0.3 is 0 Å². The van der Waals surface area contributed by atoms with Crippen LogP contribution in [0.3, 0.4) is 0 Å². The zero-order valence-electron chi connectivity index (χ0n) is 5.71. The first-order valence-corrected chi connectivity index (χ1v) is 10.8. The molecule has 0 aliphatic heterocycles. The fourth-order valence-electron chi connectivity index (χ4n) is 0.530. The number of nitrogens with one attached hydrogen (secondary N) is 1. The van der Waals surface area contributed by atoms with Crippen molar-refractivity contribution in [1.82, 2.24) is 3.69 Å². The molecule has 0 aliphatic rings. The maximum atomic E-state index is 3.61. The zero-order chi connectivity index (χ0) is 5.91. The van der Waals surface area contributed by atoms with Crippen molar-refractivity contribution >= 4 is 25.9 Å². The summed E-state index contributed by atoms with van der Waals surface area (Å²) in [6.45, 7) is 7.05. The van der Waals surface area contributed by atoms with E-state index in [2.05, 4.69) is 28.8 Å². The predicted molar refractivity (Wildman–Crippen MR) is 39.5 cm³/mol. The van der Waals surface area contributed by atoms with E-state index in [9.17, 15) is 0 Å². The fourth-order valence-corrected chi connectivity index (χ4v) is 8.27.